The van der Waals surface area contributed by atoms with Crippen LogP contribution in [0.5, 0.6) is 0 Å². The molecule has 0 unspecified atom stereocenters. The molecule has 0 aliphatic carbocycles. The quantitative estimate of drug-likeness (QED) is 0.461. The van der Waals surface area contributed by atoms with Crippen LogP contribution in [-0.4, -0.2) is 17.3 Å². The minimum Gasteiger partial charge on any atom is -0.294 e. The highest BCUT2D eigenvalue weighted by molar-refractivity contribution is 5.96. The molecule has 0 spiro atoms. The summed E-state index contributed by atoms with van der Waals surface area (Å²) in [6, 6.07) is 14.9. The van der Waals surface area contributed by atoms with E-state index in [2.05, 4.69) is 0 Å². The highest BCUT2D eigenvalue weighted by atomic mass is 16.6. The molecule has 1 atom stereocenters. The van der Waals surface area contributed by atoms with E-state index in [0.717, 1.165) is 16.7 Å². The summed E-state index contributed by atoms with van der Waals surface area (Å²) in [7, 11) is 0. The Balaban J connectivity index is 2.19. The summed E-state index contributed by atoms with van der Waals surface area (Å²) < 4.78 is 0. The van der Waals surface area contributed by atoms with Gasteiger partial charge in [0.15, 0.2) is 5.78 Å². The summed E-state index contributed by atoms with van der Waals surface area (Å²) >= 11 is 0. The summed E-state index contributed by atoms with van der Waals surface area (Å²) in [4.78, 5) is 22.9. The Labute approximate surface area is 129 Å². The summed E-state index contributed by atoms with van der Waals surface area (Å²) in [5.74, 6) is -0.461. The maximum Gasteiger partial charge on any atom is 0.211 e. The van der Waals surface area contributed by atoms with Gasteiger partial charge in [-0.1, -0.05) is 59.7 Å². The molecule has 0 saturated heterocycles. The van der Waals surface area contributed by atoms with Gasteiger partial charge in [-0.05, 0) is 19.4 Å². The van der Waals surface area contributed by atoms with Crippen LogP contribution in [0.3, 0.4) is 0 Å². The third-order valence-corrected chi connectivity index (χ3v) is 3.72. The molecule has 0 aliphatic rings. The molecule has 0 aromatic heterocycles. The third-order valence-electron chi connectivity index (χ3n) is 3.72. The fraction of sp³-hybridized carbons (Fsp3) is 0.278. The Kier molecular flexibility index (Phi) is 5.04. The number of nitrogens with zero attached hydrogens (tertiary/aromatic N) is 1. The predicted molar refractivity (Wildman–Crippen MR) is 85.9 cm³/mol. The second-order valence-electron chi connectivity index (χ2n) is 5.62. The van der Waals surface area contributed by atoms with Crippen LogP contribution in [0.4, 0.5) is 0 Å². The maximum atomic E-state index is 12.4. The molecule has 0 N–H and O–H groups in total. The van der Waals surface area contributed by atoms with Gasteiger partial charge in [0.05, 0.1) is 5.92 Å². The van der Waals surface area contributed by atoms with Crippen molar-refractivity contribution in [1.82, 2.24) is 0 Å². The topological polar surface area (TPSA) is 60.2 Å². The normalized spacial score (nSPS) is 11.9. The van der Waals surface area contributed by atoms with Crippen molar-refractivity contribution in [2.24, 2.45) is 0 Å². The number of hydrogen-bond acceptors (Lipinski definition) is 3. The van der Waals surface area contributed by atoms with E-state index < -0.39 is 5.92 Å². The lowest BCUT2D eigenvalue weighted by molar-refractivity contribution is -0.483. The molecule has 0 fully saturated rings. The van der Waals surface area contributed by atoms with Crippen LogP contribution < -0.4 is 0 Å². The lowest BCUT2D eigenvalue weighted by Crippen LogP contribution is -2.16. The van der Waals surface area contributed by atoms with Gasteiger partial charge < -0.3 is 0 Å². The monoisotopic (exact) mass is 297 g/mol. The molecule has 4 heteroatoms. The van der Waals surface area contributed by atoms with E-state index in [4.69, 9.17) is 0 Å². The summed E-state index contributed by atoms with van der Waals surface area (Å²) in [5, 5.41) is 10.9. The lowest BCUT2D eigenvalue weighted by Gasteiger charge is -2.13. The van der Waals surface area contributed by atoms with Crippen molar-refractivity contribution >= 4 is 5.78 Å². The van der Waals surface area contributed by atoms with Crippen molar-refractivity contribution in [3.63, 3.8) is 0 Å². The van der Waals surface area contributed by atoms with Crippen LogP contribution in [0, 0.1) is 24.0 Å². The van der Waals surface area contributed by atoms with E-state index in [-0.39, 0.29) is 23.7 Å². The minimum absolute atomic E-state index is 0.0626. The van der Waals surface area contributed by atoms with E-state index >= 15 is 0 Å². The molecule has 0 radical (unpaired) electrons. The first-order valence-electron chi connectivity index (χ1n) is 7.24. The number of nitro groups is 1. The van der Waals surface area contributed by atoms with Gasteiger partial charge >= 0.3 is 0 Å². The molecule has 0 heterocycles. The van der Waals surface area contributed by atoms with Gasteiger partial charge in [0.25, 0.3) is 0 Å². The van der Waals surface area contributed by atoms with Crippen LogP contribution in [0.1, 0.15) is 39.4 Å². The van der Waals surface area contributed by atoms with E-state index in [1.165, 1.54) is 0 Å². The van der Waals surface area contributed by atoms with Crippen LogP contribution in [0.25, 0.3) is 0 Å². The molecule has 0 saturated carbocycles. The lowest BCUT2D eigenvalue weighted by atomic mass is 9.91. The maximum absolute atomic E-state index is 12.4. The SMILES string of the molecule is Cc1ccc(C(=O)C[C@@H](C[N+](=O)[O-])c2ccc(C)cc2)cc1. The highest BCUT2D eigenvalue weighted by Gasteiger charge is 2.22. The first-order chi connectivity index (χ1) is 10.5. The molecule has 4 nitrogen and oxygen atoms in total. The molecule has 114 valence electrons. The van der Waals surface area contributed by atoms with Crippen LogP contribution in [0.2, 0.25) is 0 Å². The number of rotatable bonds is 6. The van der Waals surface area contributed by atoms with E-state index in [1.807, 2.05) is 50.2 Å². The van der Waals surface area contributed by atoms with Gasteiger partial charge in [0, 0.05) is 16.9 Å². The van der Waals surface area contributed by atoms with Crippen molar-refractivity contribution in [2.75, 3.05) is 6.54 Å². The van der Waals surface area contributed by atoms with E-state index in [1.54, 1.807) is 12.1 Å². The molecule has 22 heavy (non-hydrogen) atoms. The average molecular weight is 297 g/mol. The molecule has 0 aliphatic heterocycles. The number of hydrogen-bond donors (Lipinski definition) is 0. The average Bonchev–Trinajstić information content (AvgIpc) is 2.47. The van der Waals surface area contributed by atoms with Gasteiger partial charge in [-0.15, -0.1) is 0 Å². The molecule has 0 bridgehead atoms. The van der Waals surface area contributed by atoms with Gasteiger partial charge in [0.1, 0.15) is 0 Å². The summed E-state index contributed by atoms with van der Waals surface area (Å²) in [6.45, 7) is 3.68. The van der Waals surface area contributed by atoms with Crippen molar-refractivity contribution in [1.29, 1.82) is 0 Å². The Bertz CT molecular complexity index is 660. The molecular weight excluding hydrogens is 278 g/mol. The van der Waals surface area contributed by atoms with Gasteiger partial charge in [-0.3, -0.25) is 14.9 Å². The molecule has 2 rings (SSSR count). The minimum atomic E-state index is -0.399. The highest BCUT2D eigenvalue weighted by Crippen LogP contribution is 2.23. The van der Waals surface area contributed by atoms with E-state index in [0.29, 0.717) is 5.56 Å². The largest absolute Gasteiger partial charge is 0.294 e. The second-order valence-corrected chi connectivity index (χ2v) is 5.62. The van der Waals surface area contributed by atoms with Gasteiger partial charge in [0.2, 0.25) is 6.54 Å². The number of ketones is 1. The molecule has 0 amide bonds. The molecule has 2 aromatic rings. The number of carbonyl (C=O) groups is 1. The zero-order valence-corrected chi connectivity index (χ0v) is 12.8. The Morgan fingerprint density at radius 2 is 1.50 bits per heavy atom. The Morgan fingerprint density at radius 3 is 2.00 bits per heavy atom. The first-order valence-corrected chi connectivity index (χ1v) is 7.24. The third kappa shape index (κ3) is 4.25. The van der Waals surface area contributed by atoms with Crippen molar-refractivity contribution in [3.8, 4) is 0 Å². The van der Waals surface area contributed by atoms with Gasteiger partial charge in [-0.2, -0.15) is 0 Å². The summed E-state index contributed by atoms with van der Waals surface area (Å²) in [6.07, 6.45) is 0.146. The van der Waals surface area contributed by atoms with Crippen LogP contribution in [-0.2, 0) is 0 Å². The standard InChI is InChI=1S/C18H19NO3/c1-13-3-7-15(8-4-13)17(12-19(21)22)11-18(20)16-9-5-14(2)6-10-16/h3-10,17H,11-12H2,1-2H3/t17-/m0/s1. The number of aryl methyl sites for hydroxylation is 2. The summed E-state index contributed by atoms with van der Waals surface area (Å²) in [5.41, 5.74) is 3.61. The number of carbonyl (C=O) groups excluding carboxylic acids is 1. The zero-order chi connectivity index (χ0) is 16.1. The predicted octanol–water partition coefficient (Wildman–Crippen LogP) is 3.94. The Hall–Kier alpha value is -2.49. The number of Topliss-reactive ketones (excluding diaryl/α,β-unsaturated/α-hetero) is 1. The Morgan fingerprint density at radius 1 is 1.00 bits per heavy atom. The smallest absolute Gasteiger partial charge is 0.211 e. The van der Waals surface area contributed by atoms with E-state index in [9.17, 15) is 14.9 Å². The van der Waals surface area contributed by atoms with Crippen molar-refractivity contribution < 1.29 is 9.72 Å². The molecule has 2 aromatic carbocycles. The van der Waals surface area contributed by atoms with Crippen LogP contribution >= 0.6 is 0 Å². The fourth-order valence-corrected chi connectivity index (χ4v) is 2.39. The number of benzene rings is 2. The first kappa shape index (κ1) is 15.9. The fourth-order valence-electron chi connectivity index (χ4n) is 2.39. The van der Waals surface area contributed by atoms with Gasteiger partial charge in [-0.25, -0.2) is 0 Å². The van der Waals surface area contributed by atoms with Crippen molar-refractivity contribution in [3.05, 3.63) is 80.9 Å². The van der Waals surface area contributed by atoms with Crippen LogP contribution in [0.15, 0.2) is 48.5 Å². The second kappa shape index (κ2) is 6.98. The molecular formula is C18H19NO3. The van der Waals surface area contributed by atoms with Crippen molar-refractivity contribution in [2.45, 2.75) is 26.2 Å². The zero-order valence-electron chi connectivity index (χ0n) is 12.8.